The van der Waals surface area contributed by atoms with Crippen molar-refractivity contribution in [1.82, 2.24) is 4.90 Å². The number of methoxy groups -OCH3 is 2. The van der Waals surface area contributed by atoms with E-state index in [1.165, 1.54) is 43.4 Å². The van der Waals surface area contributed by atoms with Crippen molar-refractivity contribution in [2.24, 2.45) is 0 Å². The summed E-state index contributed by atoms with van der Waals surface area (Å²) in [5, 5.41) is 10.9. The lowest BCUT2D eigenvalue weighted by atomic mass is 9.95. The Hall–Kier alpha value is -3.39. The van der Waals surface area contributed by atoms with Crippen molar-refractivity contribution in [2.75, 3.05) is 41.4 Å². The fourth-order valence-electron chi connectivity index (χ4n) is 3.59. The van der Waals surface area contributed by atoms with Crippen molar-refractivity contribution >= 4 is 17.4 Å². The Bertz CT molecular complexity index is 1020. The molecule has 8 heteroatoms. The number of carbonyl (C=O) groups is 2. The number of rotatable bonds is 7. The quantitative estimate of drug-likeness (QED) is 0.395. The highest BCUT2D eigenvalue weighted by atomic mass is 19.1. The number of benzene rings is 2. The summed E-state index contributed by atoms with van der Waals surface area (Å²) in [6, 6.07) is 9.39. The van der Waals surface area contributed by atoms with E-state index in [0.717, 1.165) is 4.90 Å². The number of nitrogens with one attached hydrogen (secondary N) is 1. The zero-order valence-corrected chi connectivity index (χ0v) is 17.9. The van der Waals surface area contributed by atoms with Gasteiger partial charge in [-0.2, -0.15) is 0 Å². The van der Waals surface area contributed by atoms with Crippen molar-refractivity contribution in [3.8, 4) is 11.5 Å². The van der Waals surface area contributed by atoms with Crippen LogP contribution < -0.4 is 14.4 Å². The van der Waals surface area contributed by atoms with Crippen LogP contribution in [-0.4, -0.2) is 63.1 Å². The fourth-order valence-corrected chi connectivity index (χ4v) is 3.59. The van der Waals surface area contributed by atoms with Gasteiger partial charge in [0.2, 0.25) is 0 Å². The number of amides is 1. The van der Waals surface area contributed by atoms with Gasteiger partial charge in [0.15, 0.2) is 11.5 Å². The van der Waals surface area contributed by atoms with Gasteiger partial charge < -0.3 is 24.4 Å². The minimum absolute atomic E-state index is 0.0439. The van der Waals surface area contributed by atoms with Crippen LogP contribution in [0.1, 0.15) is 17.2 Å². The molecule has 1 fully saturated rings. The zero-order chi connectivity index (χ0) is 22.7. The third-order valence-corrected chi connectivity index (χ3v) is 5.23. The summed E-state index contributed by atoms with van der Waals surface area (Å²) in [7, 11) is 6.89. The maximum absolute atomic E-state index is 13.3. The highest BCUT2D eigenvalue weighted by Gasteiger charge is 2.46. The number of likely N-dealkylation sites (N-methyl/N-ethyl adjacent to an activating group) is 1. The van der Waals surface area contributed by atoms with Crippen LogP contribution >= 0.6 is 0 Å². The van der Waals surface area contributed by atoms with Crippen LogP contribution in [0.15, 0.2) is 48.0 Å². The summed E-state index contributed by atoms with van der Waals surface area (Å²) in [5.74, 6) is -1.36. The maximum Gasteiger partial charge on any atom is 0.295 e. The number of ketones is 1. The average molecular weight is 429 g/mol. The van der Waals surface area contributed by atoms with Crippen molar-refractivity contribution in [3.05, 3.63) is 65.0 Å². The van der Waals surface area contributed by atoms with Crippen LogP contribution in [0.4, 0.5) is 4.39 Å². The number of carbonyl (C=O) groups excluding carboxylic acids is 2. The van der Waals surface area contributed by atoms with E-state index in [1.54, 1.807) is 18.2 Å². The van der Waals surface area contributed by atoms with E-state index in [4.69, 9.17) is 9.47 Å². The number of hydrogen-bond acceptors (Lipinski definition) is 5. The monoisotopic (exact) mass is 429 g/mol. The molecule has 0 aliphatic carbocycles. The normalized spacial score (nSPS) is 18.0. The summed E-state index contributed by atoms with van der Waals surface area (Å²) < 4.78 is 24.0. The minimum atomic E-state index is -0.816. The molecule has 1 aliphatic heterocycles. The van der Waals surface area contributed by atoms with E-state index in [9.17, 15) is 19.1 Å². The summed E-state index contributed by atoms with van der Waals surface area (Å²) in [4.78, 5) is 28.4. The number of quaternary nitrogens is 1. The molecule has 2 aromatic rings. The van der Waals surface area contributed by atoms with E-state index >= 15 is 0 Å². The molecule has 31 heavy (non-hydrogen) atoms. The molecular formula is C23H26FN2O5+. The van der Waals surface area contributed by atoms with Gasteiger partial charge in [-0.3, -0.25) is 9.59 Å². The minimum Gasteiger partial charge on any atom is -0.507 e. The third-order valence-electron chi connectivity index (χ3n) is 5.23. The standard InChI is InChI=1S/C23H25FN2O5/c1-25(2)11-12-26-20(15-7-10-17(30-3)18(13-15)31-4)19(22(28)23(26)29)21(27)14-5-8-16(24)9-6-14/h5-10,13,20,27H,11-12H2,1-4H3/p+1/t20-/m0/s1. The first-order valence-electron chi connectivity index (χ1n) is 9.83. The second kappa shape index (κ2) is 9.18. The van der Waals surface area contributed by atoms with Gasteiger partial charge in [0.25, 0.3) is 11.7 Å². The number of nitrogens with zero attached hydrogens (tertiary/aromatic N) is 1. The van der Waals surface area contributed by atoms with Crippen LogP contribution in [0, 0.1) is 5.82 Å². The summed E-state index contributed by atoms with van der Waals surface area (Å²) in [5.41, 5.74) is 0.801. The fraction of sp³-hybridized carbons (Fsp3) is 0.304. The number of likely N-dealkylation sites (tertiary alicyclic amines) is 1. The first kappa shape index (κ1) is 22.3. The number of halogens is 1. The van der Waals surface area contributed by atoms with Crippen molar-refractivity contribution < 1.29 is 33.5 Å². The highest BCUT2D eigenvalue weighted by molar-refractivity contribution is 6.46. The van der Waals surface area contributed by atoms with Crippen LogP contribution in [0.2, 0.25) is 0 Å². The third kappa shape index (κ3) is 4.39. The van der Waals surface area contributed by atoms with E-state index in [1.807, 2.05) is 14.1 Å². The average Bonchev–Trinajstić information content (AvgIpc) is 3.01. The Morgan fingerprint density at radius 2 is 1.71 bits per heavy atom. The van der Waals surface area contributed by atoms with Gasteiger partial charge in [-0.05, 0) is 42.0 Å². The number of aliphatic hydroxyl groups excluding tert-OH is 1. The summed E-state index contributed by atoms with van der Waals surface area (Å²) in [6.07, 6.45) is 0. The van der Waals surface area contributed by atoms with Crippen LogP contribution in [0.5, 0.6) is 11.5 Å². The van der Waals surface area contributed by atoms with Gasteiger partial charge in [0.05, 0.1) is 53.0 Å². The Labute approximate surface area is 180 Å². The highest BCUT2D eigenvalue weighted by Crippen LogP contribution is 2.41. The molecule has 0 radical (unpaired) electrons. The predicted molar refractivity (Wildman–Crippen MR) is 113 cm³/mol. The lowest BCUT2D eigenvalue weighted by molar-refractivity contribution is -0.857. The molecule has 2 N–H and O–H groups in total. The Morgan fingerprint density at radius 3 is 2.29 bits per heavy atom. The molecule has 1 aliphatic rings. The van der Waals surface area contributed by atoms with Crippen LogP contribution in [-0.2, 0) is 9.59 Å². The zero-order valence-electron chi connectivity index (χ0n) is 17.9. The SMILES string of the molecule is COc1ccc([C@H]2C(=C(O)c3ccc(F)cc3)C(=O)C(=O)N2CC[NH+](C)C)cc1OC. The molecule has 0 saturated carbocycles. The summed E-state index contributed by atoms with van der Waals surface area (Å²) >= 11 is 0. The predicted octanol–water partition coefficient (Wildman–Crippen LogP) is 1.41. The summed E-state index contributed by atoms with van der Waals surface area (Å²) in [6.45, 7) is 0.916. The van der Waals surface area contributed by atoms with E-state index in [0.29, 0.717) is 30.2 Å². The van der Waals surface area contributed by atoms with Crippen molar-refractivity contribution in [2.45, 2.75) is 6.04 Å². The first-order chi connectivity index (χ1) is 14.8. The molecule has 1 atom stereocenters. The van der Waals surface area contributed by atoms with E-state index in [2.05, 4.69) is 0 Å². The first-order valence-corrected chi connectivity index (χ1v) is 9.83. The molecule has 3 rings (SSSR count). The van der Waals surface area contributed by atoms with Gasteiger partial charge in [0, 0.05) is 5.56 Å². The molecular weight excluding hydrogens is 403 g/mol. The van der Waals surface area contributed by atoms with Crippen LogP contribution in [0.25, 0.3) is 5.76 Å². The molecule has 2 aromatic carbocycles. The van der Waals surface area contributed by atoms with Gasteiger partial charge in [-0.25, -0.2) is 4.39 Å². The smallest absolute Gasteiger partial charge is 0.295 e. The van der Waals surface area contributed by atoms with E-state index in [-0.39, 0.29) is 16.9 Å². The van der Waals surface area contributed by atoms with Gasteiger partial charge >= 0.3 is 0 Å². The molecule has 0 spiro atoms. The molecule has 0 unspecified atom stereocenters. The van der Waals surface area contributed by atoms with E-state index < -0.39 is 23.5 Å². The molecule has 164 valence electrons. The van der Waals surface area contributed by atoms with Gasteiger partial charge in [-0.1, -0.05) is 6.07 Å². The Morgan fingerprint density at radius 1 is 1.06 bits per heavy atom. The molecule has 0 bridgehead atoms. The van der Waals surface area contributed by atoms with Crippen molar-refractivity contribution in [1.29, 1.82) is 0 Å². The molecule has 1 saturated heterocycles. The van der Waals surface area contributed by atoms with Gasteiger partial charge in [-0.15, -0.1) is 0 Å². The molecule has 1 heterocycles. The second-order valence-electron chi connectivity index (χ2n) is 7.57. The largest absolute Gasteiger partial charge is 0.507 e. The Balaban J connectivity index is 2.18. The lowest BCUT2D eigenvalue weighted by Crippen LogP contribution is -3.06. The van der Waals surface area contributed by atoms with Gasteiger partial charge in [0.1, 0.15) is 11.6 Å². The van der Waals surface area contributed by atoms with Crippen LogP contribution in [0.3, 0.4) is 0 Å². The maximum atomic E-state index is 13.3. The second-order valence-corrected chi connectivity index (χ2v) is 7.57. The molecule has 0 aromatic heterocycles. The lowest BCUT2D eigenvalue weighted by Gasteiger charge is -2.26. The number of hydrogen-bond donors (Lipinski definition) is 2. The molecule has 7 nitrogen and oxygen atoms in total. The number of ether oxygens (including phenoxy) is 2. The number of Topliss-reactive ketones (excluding diaryl/α,β-unsaturated/α-hetero) is 1. The van der Waals surface area contributed by atoms with Crippen molar-refractivity contribution in [3.63, 3.8) is 0 Å². The molecule has 1 amide bonds. The Kier molecular flexibility index (Phi) is 6.60. The number of aliphatic hydroxyl groups is 1. The topological polar surface area (TPSA) is 80.5 Å².